The Hall–Kier alpha value is -2.37. The van der Waals surface area contributed by atoms with Crippen LogP contribution in [0.5, 0.6) is 0 Å². The van der Waals surface area contributed by atoms with Crippen LogP contribution in [0.1, 0.15) is 63.3 Å². The molecule has 6 nitrogen and oxygen atoms in total. The molecular weight excluding hydrogens is 352 g/mol. The van der Waals surface area contributed by atoms with Crippen LogP contribution in [0.15, 0.2) is 34.7 Å². The highest BCUT2D eigenvalue weighted by molar-refractivity contribution is 5.83. The molecule has 1 aliphatic heterocycles. The van der Waals surface area contributed by atoms with Crippen LogP contribution < -0.4 is 5.32 Å². The zero-order chi connectivity index (χ0) is 19.4. The Kier molecular flexibility index (Phi) is 4.00. The Morgan fingerprint density at radius 1 is 1.18 bits per heavy atom. The molecule has 0 bridgehead atoms. The van der Waals surface area contributed by atoms with Gasteiger partial charge in [-0.05, 0) is 50.0 Å². The summed E-state index contributed by atoms with van der Waals surface area (Å²) in [6.45, 7) is 5.85. The maximum Gasteiger partial charge on any atom is 0.316 e. The van der Waals surface area contributed by atoms with Crippen molar-refractivity contribution in [3.63, 3.8) is 0 Å². The van der Waals surface area contributed by atoms with Gasteiger partial charge in [-0.25, -0.2) is 0 Å². The van der Waals surface area contributed by atoms with E-state index >= 15 is 0 Å². The van der Waals surface area contributed by atoms with E-state index in [1.807, 2.05) is 17.9 Å². The summed E-state index contributed by atoms with van der Waals surface area (Å²) in [7, 11) is 0. The molecule has 5 rings (SSSR count). The number of nitrogens with zero attached hydrogens (tertiary/aromatic N) is 3. The maximum atomic E-state index is 12.7. The first-order valence-electron chi connectivity index (χ1n) is 10.4. The molecule has 1 amide bonds. The highest BCUT2D eigenvalue weighted by Gasteiger charge is 2.55. The zero-order valence-electron chi connectivity index (χ0n) is 16.6. The van der Waals surface area contributed by atoms with Crippen molar-refractivity contribution in [3.8, 4) is 0 Å². The minimum Gasteiger partial charge on any atom is -0.408 e. The van der Waals surface area contributed by atoms with Gasteiger partial charge in [0.05, 0.1) is 0 Å². The van der Waals surface area contributed by atoms with Crippen LogP contribution in [0.3, 0.4) is 0 Å². The predicted octanol–water partition coefficient (Wildman–Crippen LogP) is 3.72. The number of amides is 1. The van der Waals surface area contributed by atoms with Gasteiger partial charge in [-0.15, -0.1) is 5.10 Å². The Balaban J connectivity index is 1.19. The van der Waals surface area contributed by atoms with Crippen LogP contribution >= 0.6 is 0 Å². The Labute approximate surface area is 165 Å². The van der Waals surface area contributed by atoms with Crippen molar-refractivity contribution < 1.29 is 9.21 Å². The number of benzene rings is 1. The highest BCUT2D eigenvalue weighted by atomic mass is 16.4. The van der Waals surface area contributed by atoms with Crippen LogP contribution in [0.25, 0.3) is 0 Å². The molecule has 2 aromatic rings. The van der Waals surface area contributed by atoms with E-state index in [0.717, 1.165) is 32.4 Å². The van der Waals surface area contributed by atoms with Gasteiger partial charge in [0.25, 0.3) is 0 Å². The number of hydrogen-bond acceptors (Lipinski definition) is 5. The summed E-state index contributed by atoms with van der Waals surface area (Å²) in [5, 5.41) is 11.5. The molecule has 2 saturated carbocycles. The third-order valence-corrected chi connectivity index (χ3v) is 7.21. The molecule has 3 atom stereocenters. The van der Waals surface area contributed by atoms with E-state index in [-0.39, 0.29) is 23.3 Å². The Morgan fingerprint density at radius 2 is 1.89 bits per heavy atom. The fraction of sp³-hybridized carbons (Fsp3) is 0.591. The van der Waals surface area contributed by atoms with Gasteiger partial charge in [0.15, 0.2) is 0 Å². The van der Waals surface area contributed by atoms with Crippen LogP contribution in [-0.4, -0.2) is 40.1 Å². The molecular formula is C22H28N4O2. The number of carbonyl (C=O) groups excluding carboxylic acids is 1. The van der Waals surface area contributed by atoms with E-state index < -0.39 is 0 Å². The van der Waals surface area contributed by atoms with E-state index in [9.17, 15) is 4.79 Å². The molecule has 1 aromatic carbocycles. The molecule has 1 unspecified atom stereocenters. The number of carbonyl (C=O) groups is 1. The van der Waals surface area contributed by atoms with Gasteiger partial charge in [-0.2, -0.15) is 0 Å². The van der Waals surface area contributed by atoms with Crippen LogP contribution in [0.2, 0.25) is 0 Å². The van der Waals surface area contributed by atoms with Gasteiger partial charge in [-0.3, -0.25) is 4.79 Å². The largest absolute Gasteiger partial charge is 0.408 e. The SMILES string of the molecule is C[C@@H](Nc1nnc(C2C[C@@]2(C)c2ccccc2)o1)C(=O)N1CCC2(CC1)CC2. The van der Waals surface area contributed by atoms with E-state index in [2.05, 4.69) is 46.7 Å². The number of aromatic nitrogens is 2. The molecule has 2 heterocycles. The second kappa shape index (κ2) is 6.33. The molecule has 1 spiro atoms. The Bertz CT molecular complexity index is 866. The normalized spacial score (nSPS) is 28.8. The average Bonchev–Trinajstić information content (AvgIpc) is 3.58. The van der Waals surface area contributed by atoms with E-state index in [4.69, 9.17) is 4.42 Å². The first-order valence-corrected chi connectivity index (χ1v) is 10.4. The molecule has 2 aliphatic carbocycles. The quantitative estimate of drug-likeness (QED) is 0.856. The monoisotopic (exact) mass is 380 g/mol. The summed E-state index contributed by atoms with van der Waals surface area (Å²) in [6, 6.07) is 10.5. The van der Waals surface area contributed by atoms with Crippen molar-refractivity contribution in [2.75, 3.05) is 18.4 Å². The van der Waals surface area contributed by atoms with Gasteiger partial charge in [0, 0.05) is 24.4 Å². The molecule has 0 radical (unpaired) electrons. The number of likely N-dealkylation sites (tertiary alicyclic amines) is 1. The summed E-state index contributed by atoms with van der Waals surface area (Å²) in [5.74, 6) is 1.01. The van der Waals surface area contributed by atoms with Crippen molar-refractivity contribution in [2.24, 2.45) is 5.41 Å². The van der Waals surface area contributed by atoms with E-state index in [1.54, 1.807) is 0 Å². The lowest BCUT2D eigenvalue weighted by molar-refractivity contribution is -0.133. The fourth-order valence-electron chi connectivity index (χ4n) is 4.70. The smallest absolute Gasteiger partial charge is 0.316 e. The summed E-state index contributed by atoms with van der Waals surface area (Å²) < 4.78 is 5.87. The topological polar surface area (TPSA) is 71.3 Å². The average molecular weight is 380 g/mol. The lowest BCUT2D eigenvalue weighted by Crippen LogP contribution is -2.45. The highest BCUT2D eigenvalue weighted by Crippen LogP contribution is 2.59. The minimum absolute atomic E-state index is 0.0546. The van der Waals surface area contributed by atoms with Crippen molar-refractivity contribution in [3.05, 3.63) is 41.8 Å². The van der Waals surface area contributed by atoms with Gasteiger partial charge >= 0.3 is 6.01 Å². The van der Waals surface area contributed by atoms with Crippen LogP contribution in [-0.2, 0) is 10.2 Å². The van der Waals surface area contributed by atoms with Crippen LogP contribution in [0.4, 0.5) is 6.01 Å². The fourth-order valence-corrected chi connectivity index (χ4v) is 4.70. The number of piperidine rings is 1. The predicted molar refractivity (Wildman–Crippen MR) is 106 cm³/mol. The molecule has 6 heteroatoms. The van der Waals surface area contributed by atoms with Crippen LogP contribution in [0, 0.1) is 5.41 Å². The maximum absolute atomic E-state index is 12.7. The lowest BCUT2D eigenvalue weighted by Gasteiger charge is -2.33. The molecule has 3 fully saturated rings. The first-order chi connectivity index (χ1) is 13.5. The first kappa shape index (κ1) is 17.7. The second-order valence-corrected chi connectivity index (χ2v) is 9.18. The van der Waals surface area contributed by atoms with Gasteiger partial charge < -0.3 is 14.6 Å². The summed E-state index contributed by atoms with van der Waals surface area (Å²) >= 11 is 0. The van der Waals surface area contributed by atoms with Crippen molar-refractivity contribution in [2.45, 2.75) is 63.3 Å². The third-order valence-electron chi connectivity index (χ3n) is 7.21. The molecule has 1 aromatic heterocycles. The molecule has 148 valence electrons. The zero-order valence-corrected chi connectivity index (χ0v) is 16.6. The summed E-state index contributed by atoms with van der Waals surface area (Å²) in [5.41, 5.74) is 1.93. The standard InChI is InChI=1S/C22H28N4O2/c1-15(19(27)26-12-10-22(8-9-22)11-13-26)23-20-25-24-18(28-20)17-14-21(17,2)16-6-4-3-5-7-16/h3-7,15,17H,8-14H2,1-2H3,(H,23,25)/t15-,17?,21+/m1/s1. The molecule has 1 N–H and O–H groups in total. The van der Waals surface area contributed by atoms with Gasteiger partial charge in [0.1, 0.15) is 6.04 Å². The molecule has 1 saturated heterocycles. The van der Waals surface area contributed by atoms with Gasteiger partial charge in [-0.1, -0.05) is 42.4 Å². The number of rotatable bonds is 5. The summed E-state index contributed by atoms with van der Waals surface area (Å²) in [4.78, 5) is 14.7. The van der Waals surface area contributed by atoms with Crippen molar-refractivity contribution in [1.29, 1.82) is 0 Å². The van der Waals surface area contributed by atoms with Crippen molar-refractivity contribution in [1.82, 2.24) is 15.1 Å². The second-order valence-electron chi connectivity index (χ2n) is 9.18. The summed E-state index contributed by atoms with van der Waals surface area (Å²) in [6.07, 6.45) is 5.99. The molecule has 28 heavy (non-hydrogen) atoms. The Morgan fingerprint density at radius 3 is 2.57 bits per heavy atom. The number of hydrogen-bond donors (Lipinski definition) is 1. The van der Waals surface area contributed by atoms with Gasteiger partial charge in [0.2, 0.25) is 11.8 Å². The van der Waals surface area contributed by atoms with Crippen molar-refractivity contribution >= 4 is 11.9 Å². The third kappa shape index (κ3) is 3.09. The van der Waals surface area contributed by atoms with E-state index in [0.29, 0.717) is 17.3 Å². The molecule has 3 aliphatic rings. The minimum atomic E-state index is -0.360. The number of anilines is 1. The van der Waals surface area contributed by atoms with E-state index in [1.165, 1.54) is 18.4 Å². The lowest BCUT2D eigenvalue weighted by atomic mass is 9.93. The number of nitrogens with one attached hydrogen (secondary N) is 1.